The van der Waals surface area contributed by atoms with Crippen molar-refractivity contribution in [2.75, 3.05) is 6.61 Å². The molecule has 0 radical (unpaired) electrons. The second-order valence-electron chi connectivity index (χ2n) is 3.54. The van der Waals surface area contributed by atoms with Gasteiger partial charge in [0.1, 0.15) is 5.82 Å². The third-order valence-corrected chi connectivity index (χ3v) is 2.04. The van der Waals surface area contributed by atoms with Crippen LogP contribution in [-0.4, -0.2) is 18.5 Å². The third kappa shape index (κ3) is 4.37. The van der Waals surface area contributed by atoms with Gasteiger partial charge in [-0.2, -0.15) is 0 Å². The Kier molecular flexibility index (Phi) is 5.05. The van der Waals surface area contributed by atoms with Gasteiger partial charge in [-0.15, -0.1) is 0 Å². The molecule has 18 heavy (non-hydrogen) atoms. The Morgan fingerprint density at radius 1 is 1.33 bits per heavy atom. The molecule has 0 bridgehead atoms. The smallest absolute Gasteiger partial charge is 0.332 e. The van der Waals surface area contributed by atoms with Gasteiger partial charge in [0.05, 0.1) is 6.61 Å². The number of rotatable bonds is 4. The van der Waals surface area contributed by atoms with Crippen molar-refractivity contribution >= 4 is 11.9 Å². The van der Waals surface area contributed by atoms with E-state index in [1.807, 2.05) is 0 Å². The quantitative estimate of drug-likeness (QED) is 0.658. The third-order valence-electron chi connectivity index (χ3n) is 2.04. The molecule has 4 nitrogen and oxygen atoms in total. The van der Waals surface area contributed by atoms with Crippen molar-refractivity contribution in [1.29, 1.82) is 0 Å². The van der Waals surface area contributed by atoms with E-state index in [0.717, 1.165) is 0 Å². The number of amides is 1. The van der Waals surface area contributed by atoms with Crippen LogP contribution in [-0.2, 0) is 9.53 Å². The molecule has 1 amide bonds. The minimum absolute atomic E-state index is 0.272. The standard InChI is InChI=1S/C13H14FNO3/c1-3-18-12(16)8-9(2)15-13(17)10-4-6-11(14)7-5-10/h4-8H,3H2,1-2H3,(H,15,17)/b9-8+. The number of esters is 1. The normalized spacial score (nSPS) is 10.9. The summed E-state index contributed by atoms with van der Waals surface area (Å²) < 4.78 is 17.4. The van der Waals surface area contributed by atoms with E-state index in [9.17, 15) is 14.0 Å². The van der Waals surface area contributed by atoms with Crippen molar-refractivity contribution in [2.45, 2.75) is 13.8 Å². The first-order chi connectivity index (χ1) is 8.52. The Labute approximate surface area is 104 Å². The molecule has 1 aromatic rings. The molecule has 0 saturated carbocycles. The van der Waals surface area contributed by atoms with Crippen LogP contribution >= 0.6 is 0 Å². The first-order valence-corrected chi connectivity index (χ1v) is 5.45. The van der Waals surface area contributed by atoms with Crippen LogP contribution < -0.4 is 5.32 Å². The Morgan fingerprint density at radius 2 is 1.94 bits per heavy atom. The van der Waals surface area contributed by atoms with Gasteiger partial charge in [-0.05, 0) is 38.1 Å². The summed E-state index contributed by atoms with van der Waals surface area (Å²) in [7, 11) is 0. The van der Waals surface area contributed by atoms with Crippen LogP contribution in [0.15, 0.2) is 36.0 Å². The predicted octanol–water partition coefficient (Wildman–Crippen LogP) is 2.02. The van der Waals surface area contributed by atoms with Gasteiger partial charge < -0.3 is 10.1 Å². The number of hydrogen-bond donors (Lipinski definition) is 1. The molecule has 0 atom stereocenters. The van der Waals surface area contributed by atoms with Crippen molar-refractivity contribution in [3.05, 3.63) is 47.4 Å². The van der Waals surface area contributed by atoms with Crippen LogP contribution in [0.5, 0.6) is 0 Å². The molecule has 0 fully saturated rings. The van der Waals surface area contributed by atoms with Crippen LogP contribution in [0.1, 0.15) is 24.2 Å². The summed E-state index contributed by atoms with van der Waals surface area (Å²) in [6.07, 6.45) is 1.19. The summed E-state index contributed by atoms with van der Waals surface area (Å²) in [4.78, 5) is 22.8. The molecular weight excluding hydrogens is 237 g/mol. The summed E-state index contributed by atoms with van der Waals surface area (Å²) in [5, 5.41) is 2.50. The molecule has 96 valence electrons. The van der Waals surface area contributed by atoms with E-state index in [-0.39, 0.29) is 6.61 Å². The number of nitrogens with one attached hydrogen (secondary N) is 1. The molecule has 0 aliphatic heterocycles. The molecule has 0 saturated heterocycles. The zero-order chi connectivity index (χ0) is 13.5. The lowest BCUT2D eigenvalue weighted by molar-refractivity contribution is -0.137. The molecule has 0 heterocycles. The molecule has 1 N–H and O–H groups in total. The van der Waals surface area contributed by atoms with E-state index in [0.29, 0.717) is 11.3 Å². The highest BCUT2D eigenvalue weighted by atomic mass is 19.1. The van der Waals surface area contributed by atoms with Gasteiger partial charge in [0, 0.05) is 17.3 Å². The summed E-state index contributed by atoms with van der Waals surface area (Å²) in [5.74, 6) is -1.34. The molecule has 1 rings (SSSR count). The Balaban J connectivity index is 2.64. The average molecular weight is 251 g/mol. The molecule has 0 aliphatic rings. The Hall–Kier alpha value is -2.17. The highest BCUT2D eigenvalue weighted by Crippen LogP contribution is 2.03. The lowest BCUT2D eigenvalue weighted by Gasteiger charge is -2.05. The summed E-state index contributed by atoms with van der Waals surface area (Å²) in [6.45, 7) is 3.53. The maximum absolute atomic E-state index is 12.7. The Bertz CT molecular complexity index is 466. The molecular formula is C13H14FNO3. The number of hydrogen-bond acceptors (Lipinski definition) is 3. The van der Waals surface area contributed by atoms with Gasteiger partial charge in [0.25, 0.3) is 5.91 Å². The second kappa shape index (κ2) is 6.54. The molecule has 0 spiro atoms. The molecule has 0 unspecified atom stereocenters. The number of carbonyl (C=O) groups excluding carboxylic acids is 2. The van der Waals surface area contributed by atoms with Crippen LogP contribution in [0.25, 0.3) is 0 Å². The molecule has 0 aromatic heterocycles. The molecule has 0 aliphatic carbocycles. The molecule has 5 heteroatoms. The number of benzene rings is 1. The van der Waals surface area contributed by atoms with Gasteiger partial charge in [0.15, 0.2) is 0 Å². The van der Waals surface area contributed by atoms with Crippen molar-refractivity contribution < 1.29 is 18.7 Å². The number of allylic oxidation sites excluding steroid dienone is 1. The Morgan fingerprint density at radius 3 is 2.50 bits per heavy atom. The first kappa shape index (κ1) is 13.9. The van der Waals surface area contributed by atoms with Crippen LogP contribution in [0.4, 0.5) is 4.39 Å². The summed E-state index contributed by atoms with van der Waals surface area (Å²) >= 11 is 0. The fourth-order valence-electron chi connectivity index (χ4n) is 1.25. The van der Waals surface area contributed by atoms with E-state index in [1.54, 1.807) is 13.8 Å². The van der Waals surface area contributed by atoms with Crippen LogP contribution in [0.2, 0.25) is 0 Å². The lowest BCUT2D eigenvalue weighted by atomic mass is 10.2. The van der Waals surface area contributed by atoms with Gasteiger partial charge in [-0.3, -0.25) is 4.79 Å². The van der Waals surface area contributed by atoms with Crippen molar-refractivity contribution in [2.24, 2.45) is 0 Å². The minimum atomic E-state index is -0.519. The number of halogens is 1. The topological polar surface area (TPSA) is 55.4 Å². The van der Waals surface area contributed by atoms with Crippen LogP contribution in [0, 0.1) is 5.82 Å². The highest BCUT2D eigenvalue weighted by Gasteiger charge is 2.06. The molecule has 1 aromatic carbocycles. The fraction of sp³-hybridized carbons (Fsp3) is 0.231. The zero-order valence-electron chi connectivity index (χ0n) is 10.2. The van der Waals surface area contributed by atoms with Gasteiger partial charge >= 0.3 is 5.97 Å². The predicted molar refractivity (Wildman–Crippen MR) is 64.3 cm³/mol. The van der Waals surface area contributed by atoms with E-state index < -0.39 is 17.7 Å². The fourth-order valence-corrected chi connectivity index (χ4v) is 1.25. The van der Waals surface area contributed by atoms with Crippen LogP contribution in [0.3, 0.4) is 0 Å². The summed E-state index contributed by atoms with van der Waals surface area (Å²) in [6, 6.07) is 5.11. The van der Waals surface area contributed by atoms with E-state index in [4.69, 9.17) is 4.74 Å². The van der Waals surface area contributed by atoms with E-state index in [1.165, 1.54) is 30.3 Å². The van der Waals surface area contributed by atoms with Gasteiger partial charge in [-0.1, -0.05) is 0 Å². The second-order valence-corrected chi connectivity index (χ2v) is 3.54. The van der Waals surface area contributed by atoms with E-state index >= 15 is 0 Å². The van der Waals surface area contributed by atoms with Gasteiger partial charge in [0.2, 0.25) is 0 Å². The van der Waals surface area contributed by atoms with Crippen molar-refractivity contribution in [1.82, 2.24) is 5.32 Å². The largest absolute Gasteiger partial charge is 0.463 e. The van der Waals surface area contributed by atoms with Crippen molar-refractivity contribution in [3.8, 4) is 0 Å². The number of carbonyl (C=O) groups is 2. The first-order valence-electron chi connectivity index (χ1n) is 5.45. The zero-order valence-corrected chi connectivity index (χ0v) is 10.2. The maximum atomic E-state index is 12.7. The minimum Gasteiger partial charge on any atom is -0.463 e. The lowest BCUT2D eigenvalue weighted by Crippen LogP contribution is -2.22. The maximum Gasteiger partial charge on any atom is 0.332 e. The highest BCUT2D eigenvalue weighted by molar-refractivity contribution is 5.96. The summed E-state index contributed by atoms with van der Waals surface area (Å²) in [5.41, 5.74) is 0.677. The monoisotopic (exact) mass is 251 g/mol. The van der Waals surface area contributed by atoms with Crippen molar-refractivity contribution in [3.63, 3.8) is 0 Å². The SMILES string of the molecule is CCOC(=O)/C=C(\C)NC(=O)c1ccc(F)cc1. The number of ether oxygens (including phenoxy) is 1. The van der Waals surface area contributed by atoms with Gasteiger partial charge in [-0.25, -0.2) is 9.18 Å². The van der Waals surface area contributed by atoms with E-state index in [2.05, 4.69) is 5.32 Å². The average Bonchev–Trinajstić information content (AvgIpc) is 2.29.